The van der Waals surface area contributed by atoms with Gasteiger partial charge in [-0.15, -0.1) is 0 Å². The van der Waals surface area contributed by atoms with Gasteiger partial charge in [-0.05, 0) is 36.8 Å². The highest BCUT2D eigenvalue weighted by Crippen LogP contribution is 2.45. The van der Waals surface area contributed by atoms with Crippen LogP contribution in [0.3, 0.4) is 0 Å². The van der Waals surface area contributed by atoms with E-state index < -0.39 is 35.6 Å². The maximum atomic E-state index is 15.8. The maximum Gasteiger partial charge on any atom is 0.306 e. The van der Waals surface area contributed by atoms with E-state index in [0.29, 0.717) is 16.6 Å². The lowest BCUT2D eigenvalue weighted by molar-refractivity contribution is -0.138. The Bertz CT molecular complexity index is 1450. The third-order valence-corrected chi connectivity index (χ3v) is 5.87. The molecule has 2 aromatic heterocycles. The minimum atomic E-state index is -2.05. The molecule has 0 saturated carbocycles. The topological polar surface area (TPSA) is 94.7 Å². The molecule has 4 rings (SSSR count). The van der Waals surface area contributed by atoms with Gasteiger partial charge in [-0.1, -0.05) is 13.8 Å². The first-order valence-electron chi connectivity index (χ1n) is 10.3. The summed E-state index contributed by atoms with van der Waals surface area (Å²) in [6.07, 6.45) is -1.54. The number of hydrogen-bond donors (Lipinski definition) is 2. The SMILES string of the molecule is Cc1cc(-n2c(C(C)(C)CC#N)c([C@@H](F)CC(=O)O)c3c(F)c4[nH]ncc4cc32)ccc1F. The van der Waals surface area contributed by atoms with E-state index in [1.54, 1.807) is 37.5 Å². The molecule has 170 valence electrons. The average Bonchev–Trinajstić information content (AvgIpc) is 3.33. The molecule has 0 unspecified atom stereocenters. The van der Waals surface area contributed by atoms with Crippen LogP contribution in [0.4, 0.5) is 13.2 Å². The monoisotopic (exact) mass is 454 g/mol. The second-order valence-corrected chi connectivity index (χ2v) is 8.73. The molecule has 0 aliphatic carbocycles. The summed E-state index contributed by atoms with van der Waals surface area (Å²) < 4.78 is 47.0. The number of aromatic nitrogens is 3. The number of fused-ring (bicyclic) bond motifs is 2. The van der Waals surface area contributed by atoms with Gasteiger partial charge >= 0.3 is 5.97 Å². The number of aromatic amines is 1. The molecule has 2 N–H and O–H groups in total. The van der Waals surface area contributed by atoms with Crippen molar-refractivity contribution in [3.05, 3.63) is 58.9 Å². The summed E-state index contributed by atoms with van der Waals surface area (Å²) in [5.41, 5.74) is 0.233. The summed E-state index contributed by atoms with van der Waals surface area (Å²) in [4.78, 5) is 11.4. The average molecular weight is 454 g/mol. The van der Waals surface area contributed by atoms with Crippen LogP contribution in [0, 0.1) is 29.9 Å². The fourth-order valence-electron chi connectivity index (χ4n) is 4.37. The van der Waals surface area contributed by atoms with Gasteiger partial charge in [0, 0.05) is 39.6 Å². The number of benzene rings is 2. The standard InChI is InChI=1S/C24H21F3N4O2/c1-12-8-14(4-5-15(12)25)31-17-9-13-11-29-30-22(13)21(27)20(17)19(16(26)10-18(32)33)23(31)24(2,3)6-7-28/h4-5,8-9,11,16H,6,10H2,1-3H3,(H,29,30)(H,32,33)/t16-/m0/s1. The fraction of sp³-hybridized carbons (Fsp3) is 0.292. The Morgan fingerprint density at radius 2 is 2.06 bits per heavy atom. The number of H-pyrrole nitrogens is 1. The Kier molecular flexibility index (Phi) is 5.40. The lowest BCUT2D eigenvalue weighted by Gasteiger charge is -2.27. The Labute approximate surface area is 187 Å². The third kappa shape index (κ3) is 3.61. The van der Waals surface area contributed by atoms with E-state index >= 15 is 8.78 Å². The van der Waals surface area contributed by atoms with Crippen molar-refractivity contribution in [2.75, 3.05) is 0 Å². The van der Waals surface area contributed by atoms with Gasteiger partial charge in [-0.3, -0.25) is 9.89 Å². The molecule has 2 aromatic carbocycles. The zero-order valence-corrected chi connectivity index (χ0v) is 18.2. The highest BCUT2D eigenvalue weighted by Gasteiger charge is 2.36. The summed E-state index contributed by atoms with van der Waals surface area (Å²) in [6.45, 7) is 4.99. The van der Waals surface area contributed by atoms with Crippen LogP contribution in [0.25, 0.3) is 27.5 Å². The van der Waals surface area contributed by atoms with Crippen molar-refractivity contribution >= 4 is 27.8 Å². The van der Waals surface area contributed by atoms with Crippen LogP contribution in [0.2, 0.25) is 0 Å². The Hall–Kier alpha value is -3.80. The lowest BCUT2D eigenvalue weighted by atomic mass is 9.82. The molecule has 0 aliphatic heterocycles. The van der Waals surface area contributed by atoms with Crippen LogP contribution in [0.15, 0.2) is 30.5 Å². The van der Waals surface area contributed by atoms with Gasteiger partial charge in [0.25, 0.3) is 0 Å². The molecule has 33 heavy (non-hydrogen) atoms. The van der Waals surface area contributed by atoms with Crippen molar-refractivity contribution in [1.82, 2.24) is 14.8 Å². The summed E-state index contributed by atoms with van der Waals surface area (Å²) in [5.74, 6) is -2.59. The number of nitriles is 1. The van der Waals surface area contributed by atoms with E-state index in [1.807, 2.05) is 0 Å². The second-order valence-electron chi connectivity index (χ2n) is 8.73. The van der Waals surface area contributed by atoms with Crippen LogP contribution in [-0.4, -0.2) is 25.8 Å². The van der Waals surface area contributed by atoms with Crippen LogP contribution in [0.1, 0.15) is 49.7 Å². The van der Waals surface area contributed by atoms with Gasteiger partial charge < -0.3 is 9.67 Å². The molecular formula is C24H21F3N4O2. The number of hydrogen-bond acceptors (Lipinski definition) is 3. The predicted octanol–water partition coefficient (Wildman–Crippen LogP) is 5.77. The van der Waals surface area contributed by atoms with Crippen molar-refractivity contribution in [3.63, 3.8) is 0 Å². The number of nitrogens with one attached hydrogen (secondary N) is 1. The fourth-order valence-corrected chi connectivity index (χ4v) is 4.37. The minimum absolute atomic E-state index is 0.0443. The first kappa shape index (κ1) is 22.4. The van der Waals surface area contributed by atoms with Crippen molar-refractivity contribution in [1.29, 1.82) is 5.26 Å². The summed E-state index contributed by atoms with van der Waals surface area (Å²) in [5, 5.41) is 25.5. The molecule has 0 bridgehead atoms. The first-order valence-corrected chi connectivity index (χ1v) is 10.3. The normalized spacial score (nSPS) is 12.9. The molecule has 0 aliphatic rings. The molecule has 1 atom stereocenters. The van der Waals surface area contributed by atoms with E-state index in [4.69, 9.17) is 0 Å². The summed E-state index contributed by atoms with van der Waals surface area (Å²) in [6, 6.07) is 7.99. The molecule has 9 heteroatoms. The third-order valence-electron chi connectivity index (χ3n) is 5.87. The maximum absolute atomic E-state index is 15.8. The van der Waals surface area contributed by atoms with Crippen LogP contribution in [-0.2, 0) is 10.2 Å². The van der Waals surface area contributed by atoms with E-state index in [2.05, 4.69) is 16.3 Å². The van der Waals surface area contributed by atoms with Gasteiger partial charge in [0.15, 0.2) is 5.82 Å². The first-order chi connectivity index (χ1) is 15.6. The van der Waals surface area contributed by atoms with E-state index in [-0.39, 0.29) is 34.1 Å². The molecule has 0 spiro atoms. The molecule has 6 nitrogen and oxygen atoms in total. The molecule has 2 heterocycles. The van der Waals surface area contributed by atoms with Crippen LogP contribution in [0.5, 0.6) is 0 Å². The molecule has 0 radical (unpaired) electrons. The highest BCUT2D eigenvalue weighted by molar-refractivity contribution is 6.00. The number of rotatable bonds is 6. The van der Waals surface area contributed by atoms with E-state index in [9.17, 15) is 19.6 Å². The van der Waals surface area contributed by atoms with Gasteiger partial charge in [-0.25, -0.2) is 13.2 Å². The minimum Gasteiger partial charge on any atom is -0.481 e. The quantitative estimate of drug-likeness (QED) is 0.387. The van der Waals surface area contributed by atoms with Gasteiger partial charge in [0.2, 0.25) is 0 Å². The van der Waals surface area contributed by atoms with Gasteiger partial charge in [0.05, 0.1) is 24.2 Å². The number of halogens is 3. The lowest BCUT2D eigenvalue weighted by Crippen LogP contribution is -2.23. The predicted molar refractivity (Wildman–Crippen MR) is 117 cm³/mol. The number of carbonyl (C=O) groups is 1. The molecule has 0 saturated heterocycles. The number of nitrogens with zero attached hydrogens (tertiary/aromatic N) is 3. The number of carboxylic acid groups (broad SMARTS) is 1. The zero-order valence-electron chi connectivity index (χ0n) is 18.2. The summed E-state index contributed by atoms with van der Waals surface area (Å²) >= 11 is 0. The molecule has 0 fully saturated rings. The largest absolute Gasteiger partial charge is 0.481 e. The number of alkyl halides is 1. The molecule has 4 aromatic rings. The molecule has 0 amide bonds. The van der Waals surface area contributed by atoms with Crippen molar-refractivity contribution < 1.29 is 23.1 Å². The second kappa shape index (κ2) is 7.96. The smallest absolute Gasteiger partial charge is 0.306 e. The number of aryl methyl sites for hydroxylation is 1. The van der Waals surface area contributed by atoms with E-state index in [1.165, 1.54) is 18.3 Å². The Morgan fingerprint density at radius 3 is 2.70 bits per heavy atom. The number of carboxylic acids is 1. The Balaban J connectivity index is 2.24. The Morgan fingerprint density at radius 1 is 1.33 bits per heavy atom. The highest BCUT2D eigenvalue weighted by atomic mass is 19.1. The van der Waals surface area contributed by atoms with Crippen LogP contribution >= 0.6 is 0 Å². The zero-order chi connectivity index (χ0) is 24.1. The van der Waals surface area contributed by atoms with Crippen molar-refractivity contribution in [3.8, 4) is 11.8 Å². The van der Waals surface area contributed by atoms with Gasteiger partial charge in [-0.2, -0.15) is 10.4 Å². The van der Waals surface area contributed by atoms with Crippen LogP contribution < -0.4 is 0 Å². The van der Waals surface area contributed by atoms with Crippen molar-refractivity contribution in [2.45, 2.75) is 45.2 Å². The number of aliphatic carboxylic acids is 1. The molecular weight excluding hydrogens is 433 g/mol. The van der Waals surface area contributed by atoms with Crippen molar-refractivity contribution in [2.24, 2.45) is 0 Å². The van der Waals surface area contributed by atoms with E-state index in [0.717, 1.165) is 0 Å². The summed E-state index contributed by atoms with van der Waals surface area (Å²) in [7, 11) is 0. The van der Waals surface area contributed by atoms with Gasteiger partial charge in [0.1, 0.15) is 17.5 Å².